The summed E-state index contributed by atoms with van der Waals surface area (Å²) in [4.78, 5) is 11.6. The van der Waals surface area contributed by atoms with Crippen LogP contribution in [-0.4, -0.2) is 24.1 Å². The number of nitrogens with one attached hydrogen (secondary N) is 2. The van der Waals surface area contributed by atoms with Crippen molar-refractivity contribution in [3.63, 3.8) is 0 Å². The average Bonchev–Trinajstić information content (AvgIpc) is 2.46. The Morgan fingerprint density at radius 1 is 1.37 bits per heavy atom. The summed E-state index contributed by atoms with van der Waals surface area (Å²) in [6.45, 7) is 2.75. The van der Waals surface area contributed by atoms with Crippen LogP contribution < -0.4 is 10.6 Å². The zero-order valence-electron chi connectivity index (χ0n) is 11.1. The fourth-order valence-electron chi connectivity index (χ4n) is 1.86. The van der Waals surface area contributed by atoms with Gasteiger partial charge in [-0.05, 0) is 42.0 Å². The van der Waals surface area contributed by atoms with Gasteiger partial charge in [-0.2, -0.15) is 0 Å². The molecule has 0 atom stereocenters. The lowest BCUT2D eigenvalue weighted by Crippen LogP contribution is -2.29. The molecule has 1 saturated heterocycles. The maximum Gasteiger partial charge on any atom is 0.319 e. The van der Waals surface area contributed by atoms with E-state index in [2.05, 4.69) is 22.8 Å². The van der Waals surface area contributed by atoms with Crippen LogP contribution in [0.15, 0.2) is 24.3 Å². The monoisotopic (exact) mass is 296 g/mol. The Morgan fingerprint density at radius 3 is 2.89 bits per heavy atom. The van der Waals surface area contributed by atoms with Crippen molar-refractivity contribution in [3.8, 4) is 0 Å². The van der Waals surface area contributed by atoms with Crippen LogP contribution in [0, 0.1) is 0 Å². The minimum atomic E-state index is -0.122. The number of rotatable bonds is 4. The molecule has 0 unspecified atom stereocenters. The van der Waals surface area contributed by atoms with Gasteiger partial charge in [-0.25, -0.2) is 4.79 Å². The number of amides is 2. The van der Waals surface area contributed by atoms with Gasteiger partial charge < -0.3 is 10.6 Å². The Hall–Kier alpha value is -0.810. The Morgan fingerprint density at radius 2 is 2.16 bits per heavy atom. The summed E-state index contributed by atoms with van der Waals surface area (Å²) in [7, 11) is 0. The molecule has 1 aromatic rings. The third kappa shape index (κ3) is 4.66. The Bertz CT molecular complexity index is 420. The highest BCUT2D eigenvalue weighted by atomic mass is 32.2. The van der Waals surface area contributed by atoms with Crippen molar-refractivity contribution in [1.29, 1.82) is 0 Å². The number of benzene rings is 1. The second-order valence-corrected chi connectivity index (χ2v) is 7.16. The number of carbonyl (C=O) groups is 1. The van der Waals surface area contributed by atoms with E-state index in [1.165, 1.54) is 23.5 Å². The Kier molecular flexibility index (Phi) is 5.92. The quantitative estimate of drug-likeness (QED) is 0.879. The van der Waals surface area contributed by atoms with Gasteiger partial charge in [-0.3, -0.25) is 0 Å². The van der Waals surface area contributed by atoms with Crippen molar-refractivity contribution in [2.45, 2.75) is 24.3 Å². The van der Waals surface area contributed by atoms with Crippen molar-refractivity contribution in [2.75, 3.05) is 23.4 Å². The van der Waals surface area contributed by atoms with Crippen LogP contribution in [-0.2, 0) is 0 Å². The minimum absolute atomic E-state index is 0.122. The number of hydrogen-bond acceptors (Lipinski definition) is 3. The molecule has 2 rings (SSSR count). The van der Waals surface area contributed by atoms with Crippen molar-refractivity contribution in [2.24, 2.45) is 0 Å². The van der Waals surface area contributed by atoms with Gasteiger partial charge in [0.2, 0.25) is 0 Å². The van der Waals surface area contributed by atoms with Crippen LogP contribution in [0.5, 0.6) is 0 Å². The van der Waals surface area contributed by atoms with Crippen LogP contribution >= 0.6 is 23.5 Å². The predicted molar refractivity (Wildman–Crippen MR) is 86.0 cm³/mol. The van der Waals surface area contributed by atoms with E-state index in [0.29, 0.717) is 11.1 Å². The maximum atomic E-state index is 11.6. The van der Waals surface area contributed by atoms with E-state index in [-0.39, 0.29) is 6.03 Å². The number of urea groups is 1. The Balaban J connectivity index is 1.96. The van der Waals surface area contributed by atoms with Crippen LogP contribution in [0.25, 0.3) is 0 Å². The van der Waals surface area contributed by atoms with Crippen LogP contribution in [0.1, 0.15) is 29.9 Å². The summed E-state index contributed by atoms with van der Waals surface area (Å²) < 4.78 is 0.509. The molecule has 0 aromatic heterocycles. The molecule has 1 aliphatic rings. The maximum absolute atomic E-state index is 11.6. The molecule has 104 valence electrons. The van der Waals surface area contributed by atoms with E-state index >= 15 is 0 Å². The molecule has 0 bridgehead atoms. The first-order chi connectivity index (χ1) is 9.29. The lowest BCUT2D eigenvalue weighted by atomic mass is 10.2. The first-order valence-electron chi connectivity index (χ1n) is 6.67. The zero-order chi connectivity index (χ0) is 13.5. The molecular weight excluding hydrogens is 276 g/mol. The molecule has 3 nitrogen and oxygen atoms in total. The van der Waals surface area contributed by atoms with Gasteiger partial charge in [0.25, 0.3) is 0 Å². The van der Waals surface area contributed by atoms with E-state index < -0.39 is 0 Å². The second kappa shape index (κ2) is 7.70. The standard InChI is InChI=1S/C14H20N2OS2/c1-2-7-15-14(17)16-12-6-3-5-11(10-12)13-18-8-4-9-19-13/h3,5-6,10,13H,2,4,7-9H2,1H3,(H2,15,16,17). The second-order valence-electron chi connectivity index (χ2n) is 4.43. The molecule has 1 heterocycles. The summed E-state index contributed by atoms with van der Waals surface area (Å²) >= 11 is 3.98. The van der Waals surface area contributed by atoms with Crippen molar-refractivity contribution in [1.82, 2.24) is 5.32 Å². The lowest BCUT2D eigenvalue weighted by molar-refractivity contribution is 0.252. The van der Waals surface area contributed by atoms with Gasteiger partial charge in [-0.15, -0.1) is 23.5 Å². The fourth-order valence-corrected chi connectivity index (χ4v) is 4.73. The van der Waals surface area contributed by atoms with E-state index in [9.17, 15) is 4.79 Å². The minimum Gasteiger partial charge on any atom is -0.338 e. The smallest absolute Gasteiger partial charge is 0.319 e. The molecule has 5 heteroatoms. The third-order valence-electron chi connectivity index (χ3n) is 2.78. The number of carbonyl (C=O) groups excluding carboxylic acids is 1. The molecule has 0 aliphatic carbocycles. The summed E-state index contributed by atoms with van der Waals surface area (Å²) in [6, 6.07) is 8.06. The lowest BCUT2D eigenvalue weighted by Gasteiger charge is -2.21. The highest BCUT2D eigenvalue weighted by molar-refractivity contribution is 8.16. The summed E-state index contributed by atoms with van der Waals surface area (Å²) in [5.41, 5.74) is 2.17. The fraction of sp³-hybridized carbons (Fsp3) is 0.500. The first kappa shape index (κ1) is 14.6. The molecule has 19 heavy (non-hydrogen) atoms. The zero-order valence-corrected chi connectivity index (χ0v) is 12.8. The largest absolute Gasteiger partial charge is 0.338 e. The van der Waals surface area contributed by atoms with Crippen molar-refractivity contribution < 1.29 is 4.79 Å². The van der Waals surface area contributed by atoms with Gasteiger partial charge in [-0.1, -0.05) is 19.1 Å². The van der Waals surface area contributed by atoms with Crippen LogP contribution in [0.2, 0.25) is 0 Å². The summed E-state index contributed by atoms with van der Waals surface area (Å²) in [5, 5.41) is 5.71. The summed E-state index contributed by atoms with van der Waals surface area (Å²) in [5.74, 6) is 2.46. The van der Waals surface area contributed by atoms with Crippen LogP contribution in [0.3, 0.4) is 0 Å². The van der Waals surface area contributed by atoms with Crippen LogP contribution in [0.4, 0.5) is 10.5 Å². The van der Waals surface area contributed by atoms with E-state index in [0.717, 1.165) is 12.1 Å². The highest BCUT2D eigenvalue weighted by Gasteiger charge is 2.16. The average molecular weight is 296 g/mol. The molecule has 0 spiro atoms. The van der Waals surface area contributed by atoms with Crippen molar-refractivity contribution in [3.05, 3.63) is 29.8 Å². The molecule has 2 amide bonds. The number of anilines is 1. The van der Waals surface area contributed by atoms with Gasteiger partial charge in [0.15, 0.2) is 0 Å². The van der Waals surface area contributed by atoms with Crippen molar-refractivity contribution >= 4 is 35.2 Å². The van der Waals surface area contributed by atoms with Gasteiger partial charge in [0.05, 0.1) is 4.58 Å². The molecule has 1 fully saturated rings. The van der Waals surface area contributed by atoms with E-state index in [4.69, 9.17) is 0 Å². The Labute approximate surface area is 123 Å². The molecule has 0 saturated carbocycles. The van der Waals surface area contributed by atoms with E-state index in [1.54, 1.807) is 0 Å². The van der Waals surface area contributed by atoms with Gasteiger partial charge >= 0.3 is 6.03 Å². The number of thioether (sulfide) groups is 2. The first-order valence-corrected chi connectivity index (χ1v) is 8.77. The summed E-state index contributed by atoms with van der Waals surface area (Å²) in [6.07, 6.45) is 2.24. The van der Waals surface area contributed by atoms with Gasteiger partial charge in [0.1, 0.15) is 0 Å². The molecular formula is C14H20N2OS2. The SMILES string of the molecule is CCCNC(=O)Nc1cccc(C2SCCCS2)c1. The molecule has 1 aromatic carbocycles. The highest BCUT2D eigenvalue weighted by Crippen LogP contribution is 2.43. The van der Waals surface area contributed by atoms with E-state index in [1.807, 2.05) is 42.6 Å². The van der Waals surface area contributed by atoms with Gasteiger partial charge in [0, 0.05) is 12.2 Å². The third-order valence-corrected chi connectivity index (χ3v) is 5.79. The number of hydrogen-bond donors (Lipinski definition) is 2. The predicted octanol–water partition coefficient (Wildman–Crippen LogP) is 4.09. The molecule has 0 radical (unpaired) electrons. The topological polar surface area (TPSA) is 41.1 Å². The normalized spacial score (nSPS) is 16.1. The molecule has 1 aliphatic heterocycles. The molecule has 2 N–H and O–H groups in total.